The Morgan fingerprint density at radius 1 is 1.47 bits per heavy atom. The Hall–Kier alpha value is -1.49. The summed E-state index contributed by atoms with van der Waals surface area (Å²) in [5.74, 6) is 0.0819. The fourth-order valence-corrected chi connectivity index (χ4v) is 2.86. The molecule has 0 unspecified atom stereocenters. The molecule has 19 heavy (non-hydrogen) atoms. The Morgan fingerprint density at radius 3 is 2.74 bits per heavy atom. The van der Waals surface area contributed by atoms with E-state index < -0.39 is 10.0 Å². The number of rotatable bonds is 4. The molecule has 0 aliphatic rings. The van der Waals surface area contributed by atoms with Gasteiger partial charge in [0.15, 0.2) is 0 Å². The third-order valence-corrected chi connectivity index (χ3v) is 4.37. The molecule has 99 valence electrons. The molecule has 0 amide bonds. The number of nitrogens with zero attached hydrogens (tertiary/aromatic N) is 3. The zero-order chi connectivity index (χ0) is 14.0. The first-order valence-corrected chi connectivity index (χ1v) is 6.84. The third-order valence-electron chi connectivity index (χ3n) is 2.41. The lowest BCUT2D eigenvalue weighted by molar-refractivity contribution is 0.588. The molecule has 2 aromatic rings. The molecule has 0 aliphatic heterocycles. The molecule has 8 nitrogen and oxygen atoms in total. The Labute approximate surface area is 114 Å². The molecule has 3 N–H and O–H groups in total. The minimum absolute atomic E-state index is 0.0819. The molecular formula is C8H8BClN5O3S. The first-order chi connectivity index (χ1) is 9.01. The topological polar surface area (TPSA) is 121 Å². The van der Waals surface area contributed by atoms with Crippen LogP contribution in [0.4, 0.5) is 0 Å². The van der Waals surface area contributed by atoms with Gasteiger partial charge >= 0.3 is 7.48 Å². The minimum atomic E-state index is -3.73. The van der Waals surface area contributed by atoms with Crippen LogP contribution in [0, 0.1) is 0 Å². The summed E-state index contributed by atoms with van der Waals surface area (Å²) in [4.78, 5) is -0.137. The van der Waals surface area contributed by atoms with Gasteiger partial charge in [-0.3, -0.25) is 0 Å². The second-order valence-corrected chi connectivity index (χ2v) is 5.65. The predicted octanol–water partition coefficient (Wildman–Crippen LogP) is -1.34. The lowest BCUT2D eigenvalue weighted by atomic mass is 9.84. The lowest BCUT2D eigenvalue weighted by Gasteiger charge is -2.10. The molecule has 0 saturated heterocycles. The smallest absolute Gasteiger partial charge is 0.327 e. The standard InChI is InChI=1S/C8H8BClN5O3S/c1-11-19(17,18)5-3-2-4(9-16)6(7(5)10)8-12-14-15-13-8/h2-3,11,16H,1H3,(H,12,13,14,15). The summed E-state index contributed by atoms with van der Waals surface area (Å²) >= 11 is 6.08. The predicted molar refractivity (Wildman–Crippen MR) is 68.5 cm³/mol. The summed E-state index contributed by atoms with van der Waals surface area (Å²) in [6, 6.07) is 2.67. The number of benzene rings is 1. The van der Waals surface area contributed by atoms with E-state index in [1.54, 1.807) is 0 Å². The average Bonchev–Trinajstić information content (AvgIpc) is 2.91. The number of sulfonamides is 1. The number of aromatic nitrogens is 4. The van der Waals surface area contributed by atoms with Crippen LogP contribution in [0.3, 0.4) is 0 Å². The number of aromatic amines is 1. The number of tetrazole rings is 1. The maximum atomic E-state index is 11.8. The van der Waals surface area contributed by atoms with E-state index in [0.717, 1.165) is 7.48 Å². The zero-order valence-electron chi connectivity index (χ0n) is 9.62. The van der Waals surface area contributed by atoms with Gasteiger partial charge in [-0.2, -0.15) is 5.21 Å². The van der Waals surface area contributed by atoms with Gasteiger partial charge < -0.3 is 5.02 Å². The Kier molecular flexibility index (Phi) is 3.85. The number of nitrogens with one attached hydrogen (secondary N) is 2. The van der Waals surface area contributed by atoms with Crippen molar-refractivity contribution in [2.24, 2.45) is 0 Å². The first-order valence-electron chi connectivity index (χ1n) is 4.98. The van der Waals surface area contributed by atoms with E-state index in [2.05, 4.69) is 25.3 Å². The van der Waals surface area contributed by atoms with E-state index in [0.29, 0.717) is 0 Å². The maximum absolute atomic E-state index is 11.8. The van der Waals surface area contributed by atoms with Gasteiger partial charge in [-0.05, 0) is 23.8 Å². The van der Waals surface area contributed by atoms with Crippen LogP contribution in [-0.4, -0.2) is 48.6 Å². The Morgan fingerprint density at radius 2 is 2.21 bits per heavy atom. The molecule has 0 saturated carbocycles. The largest absolute Gasteiger partial charge is 0.450 e. The van der Waals surface area contributed by atoms with E-state index in [1.807, 2.05) is 0 Å². The normalized spacial score (nSPS) is 11.5. The Bertz CT molecular complexity index is 691. The molecule has 0 bridgehead atoms. The van der Waals surface area contributed by atoms with E-state index >= 15 is 0 Å². The molecule has 1 heterocycles. The summed E-state index contributed by atoms with van der Waals surface area (Å²) in [5.41, 5.74) is 0.454. The van der Waals surface area contributed by atoms with Crippen LogP contribution in [0.15, 0.2) is 17.0 Å². The van der Waals surface area contributed by atoms with Crippen LogP contribution < -0.4 is 10.2 Å². The summed E-state index contributed by atoms with van der Waals surface area (Å²) in [6.45, 7) is 0. The lowest BCUT2D eigenvalue weighted by Crippen LogP contribution is -2.23. The maximum Gasteiger partial charge on any atom is 0.327 e. The number of halogens is 1. The van der Waals surface area contributed by atoms with Gasteiger partial charge in [-0.15, -0.1) is 10.2 Å². The van der Waals surface area contributed by atoms with Gasteiger partial charge in [0, 0.05) is 5.56 Å². The number of hydrogen-bond acceptors (Lipinski definition) is 6. The highest BCUT2D eigenvalue weighted by Gasteiger charge is 2.23. The molecule has 1 aromatic heterocycles. The van der Waals surface area contributed by atoms with Crippen LogP contribution in [-0.2, 0) is 10.0 Å². The third kappa shape index (κ3) is 2.47. The highest BCUT2D eigenvalue weighted by molar-refractivity contribution is 7.89. The van der Waals surface area contributed by atoms with Crippen molar-refractivity contribution in [1.29, 1.82) is 0 Å². The van der Waals surface area contributed by atoms with Crippen molar-refractivity contribution in [3.8, 4) is 11.4 Å². The van der Waals surface area contributed by atoms with Crippen LogP contribution in [0.5, 0.6) is 0 Å². The monoisotopic (exact) mass is 300 g/mol. The summed E-state index contributed by atoms with van der Waals surface area (Å²) in [6.07, 6.45) is 0. The molecule has 0 aliphatic carbocycles. The minimum Gasteiger partial charge on any atom is -0.450 e. The van der Waals surface area contributed by atoms with Gasteiger partial charge in [0.1, 0.15) is 4.90 Å². The summed E-state index contributed by atoms with van der Waals surface area (Å²) in [5, 5.41) is 22.1. The second-order valence-electron chi connectivity index (χ2n) is 3.41. The highest BCUT2D eigenvalue weighted by Crippen LogP contribution is 2.29. The zero-order valence-corrected chi connectivity index (χ0v) is 11.2. The molecule has 11 heteroatoms. The van der Waals surface area contributed by atoms with Crippen molar-refractivity contribution in [1.82, 2.24) is 25.3 Å². The van der Waals surface area contributed by atoms with Crippen LogP contribution >= 0.6 is 11.6 Å². The van der Waals surface area contributed by atoms with Crippen molar-refractivity contribution in [3.63, 3.8) is 0 Å². The number of H-pyrrole nitrogens is 1. The van der Waals surface area contributed by atoms with Crippen molar-refractivity contribution in [2.45, 2.75) is 4.90 Å². The molecule has 1 aromatic carbocycles. The quantitative estimate of drug-likeness (QED) is 0.601. The molecule has 0 fully saturated rings. The molecule has 1 radical (unpaired) electrons. The van der Waals surface area contributed by atoms with Crippen LogP contribution in [0.25, 0.3) is 11.4 Å². The van der Waals surface area contributed by atoms with Gasteiger partial charge in [-0.25, -0.2) is 13.1 Å². The van der Waals surface area contributed by atoms with Gasteiger partial charge in [0.25, 0.3) is 0 Å². The van der Waals surface area contributed by atoms with Gasteiger partial charge in [0.05, 0.1) is 5.02 Å². The van der Waals surface area contributed by atoms with Crippen molar-refractivity contribution >= 4 is 34.6 Å². The molecular weight excluding hydrogens is 292 g/mol. The SMILES string of the molecule is CNS(=O)(=O)c1ccc([B]O)c(-c2nn[nH]n2)c1Cl. The van der Waals surface area contributed by atoms with Crippen molar-refractivity contribution < 1.29 is 13.4 Å². The summed E-state index contributed by atoms with van der Waals surface area (Å²) < 4.78 is 25.8. The van der Waals surface area contributed by atoms with Crippen LogP contribution in [0.2, 0.25) is 5.02 Å². The van der Waals surface area contributed by atoms with E-state index in [4.69, 9.17) is 16.6 Å². The average molecular weight is 301 g/mol. The number of hydrogen-bond donors (Lipinski definition) is 3. The van der Waals surface area contributed by atoms with Crippen molar-refractivity contribution in [3.05, 3.63) is 17.2 Å². The Balaban J connectivity index is 2.74. The molecule has 2 rings (SSSR count). The van der Waals surface area contributed by atoms with E-state index in [-0.39, 0.29) is 26.8 Å². The first kappa shape index (κ1) is 13.9. The molecule has 0 spiro atoms. The summed E-state index contributed by atoms with van der Waals surface area (Å²) in [7, 11) is -1.68. The fraction of sp³-hybridized carbons (Fsp3) is 0.125. The van der Waals surface area contributed by atoms with E-state index in [9.17, 15) is 8.42 Å². The van der Waals surface area contributed by atoms with E-state index in [1.165, 1.54) is 19.2 Å². The van der Waals surface area contributed by atoms with Gasteiger partial charge in [-0.1, -0.05) is 17.7 Å². The van der Waals surface area contributed by atoms with Crippen LogP contribution in [0.1, 0.15) is 0 Å². The van der Waals surface area contributed by atoms with Crippen molar-refractivity contribution in [2.75, 3.05) is 7.05 Å². The molecule has 0 atom stereocenters. The highest BCUT2D eigenvalue weighted by atomic mass is 35.5. The second kappa shape index (κ2) is 5.25. The van der Waals surface area contributed by atoms with Gasteiger partial charge in [0.2, 0.25) is 15.8 Å². The fourth-order valence-electron chi connectivity index (χ4n) is 1.49.